The predicted octanol–water partition coefficient (Wildman–Crippen LogP) is 10.4. The van der Waals surface area contributed by atoms with E-state index in [1.54, 1.807) is 21.3 Å². The quantitative estimate of drug-likeness (QED) is 0.0183. The molecule has 6 aromatic carbocycles. The molecule has 94 heavy (non-hydrogen) atoms. The molecule has 22 nitrogen and oxygen atoms in total. The number of benzene rings is 6. The number of hydrogen-bond acceptors (Lipinski definition) is 20. The number of ether oxygens (including phenoxy) is 2. The minimum absolute atomic E-state index is 0. The van der Waals surface area contributed by atoms with Crippen LogP contribution in [0.3, 0.4) is 0 Å². The molecule has 11 rings (SSSR count). The van der Waals surface area contributed by atoms with Crippen LogP contribution in [0, 0.1) is 0 Å². The molecule has 11 aromatic rings. The van der Waals surface area contributed by atoms with Crippen molar-refractivity contribution in [1.82, 2.24) is 49.0 Å². The van der Waals surface area contributed by atoms with Crippen molar-refractivity contribution < 1.29 is 104 Å². The number of aliphatic hydroxyl groups is 1. The number of rotatable bonds is 15. The van der Waals surface area contributed by atoms with E-state index in [2.05, 4.69) is 65.9 Å². The Balaban J connectivity index is 0.000000210. The number of aliphatic hydroxyl groups excluding tert-OH is 1. The summed E-state index contributed by atoms with van der Waals surface area (Å²) in [5.41, 5.74) is 9.16. The molecule has 5 aromatic heterocycles. The van der Waals surface area contributed by atoms with Crippen molar-refractivity contribution in [3.8, 4) is 11.6 Å². The summed E-state index contributed by atoms with van der Waals surface area (Å²) in [6.07, 6.45) is -4.22. The number of hydrogen-bond donors (Lipinski definition) is 6. The normalized spacial score (nSPS) is 10.9. The van der Waals surface area contributed by atoms with Crippen molar-refractivity contribution >= 4 is 103 Å². The number of aromatic nitrogens is 10. The Morgan fingerprint density at radius 1 is 0.489 bits per heavy atom. The van der Waals surface area contributed by atoms with E-state index in [0.29, 0.717) is 86.0 Å². The minimum atomic E-state index is -4.40. The first-order valence-corrected chi connectivity index (χ1v) is 27.1. The van der Waals surface area contributed by atoms with Crippen LogP contribution in [-0.2, 0) is 55.6 Å². The van der Waals surface area contributed by atoms with Crippen LogP contribution in [0.1, 0.15) is 42.2 Å². The van der Waals surface area contributed by atoms with E-state index in [9.17, 15) is 59.0 Å². The van der Waals surface area contributed by atoms with E-state index >= 15 is 0 Å². The fourth-order valence-electron chi connectivity index (χ4n) is 8.14. The SMILES string of the molecule is CC(=O)OCC(=O)Cl.CC(=O)OCc1nc2ccccc2n1-c1cncc(Nc2ccc(C(F)(F)F)cc2)n1.Nc1ccccc1Nc1cncc(Nc2ccc(C(F)(F)F)cc2)n1.OCc1nc2ccccc2n1-c1cncc(Nc2ccc(C(F)(F)F)cc2)n1.[Na+].[OH-]. The second-order valence-electron chi connectivity index (χ2n) is 18.9. The monoisotopic (exact) mass is 1330 g/mol. The van der Waals surface area contributed by atoms with Crippen molar-refractivity contribution in [3.05, 3.63) is 211 Å². The van der Waals surface area contributed by atoms with Crippen LogP contribution in [0.25, 0.3) is 33.7 Å². The Hall–Kier alpha value is -10.3. The first kappa shape index (κ1) is 72.7. The van der Waals surface area contributed by atoms with Gasteiger partial charge in [-0.3, -0.25) is 38.5 Å². The van der Waals surface area contributed by atoms with Gasteiger partial charge in [0.25, 0.3) is 5.24 Å². The maximum Gasteiger partial charge on any atom is 1.00 e. The summed E-state index contributed by atoms with van der Waals surface area (Å²) >= 11 is 4.81. The standard InChI is InChI=1S/C21H16F3N5O2.C19H14F3N5O.C17H14F3N5.C4H5ClO3.Na.H2O/c1-13(30)31-12-20-27-16-4-2-3-5-17(16)29(20)19-11-25-10-18(28-19)26-15-8-6-14(7-9-15)21(22,23)24;20-19(21,22)12-5-7-13(8-6-12)24-16-9-23-10-17(26-16)27-15-4-2-1-3-14(15)25-18(27)11-28;18-17(19,20)11-5-7-12(8-6-11)23-15-9-22-10-16(25-15)24-14-4-2-1-3-13(14)21;1-3(6)8-2-4(5)7;;/h2-11H,12H2,1H3,(H,26,28);1-10,28H,11H2,(H,24,26);1-10H,21H2,(H2,23,24,25);2H2,1H3;;1H2/q;;;;+1;/p-1. The largest absolute Gasteiger partial charge is 1.00 e. The van der Waals surface area contributed by atoms with Crippen molar-refractivity contribution in [3.63, 3.8) is 0 Å². The summed E-state index contributed by atoms with van der Waals surface area (Å²) in [6.45, 7) is 1.84. The molecule has 33 heteroatoms. The summed E-state index contributed by atoms with van der Waals surface area (Å²) in [6, 6.07) is 35.8. The molecule has 0 saturated heterocycles. The number of fused-ring (bicyclic) bond motifs is 2. The summed E-state index contributed by atoms with van der Waals surface area (Å²) in [5, 5.41) is 20.8. The first-order chi connectivity index (χ1) is 43.8. The number of carbonyl (C=O) groups is 3. The van der Waals surface area contributed by atoms with Crippen LogP contribution in [0.4, 0.5) is 91.2 Å². The summed E-state index contributed by atoms with van der Waals surface area (Å²) in [5.74, 6) is 2.27. The molecule has 0 aliphatic heterocycles. The number of nitrogens with zero attached hydrogens (tertiary/aromatic N) is 10. The molecule has 0 saturated carbocycles. The van der Waals surface area contributed by atoms with Gasteiger partial charge in [-0.25, -0.2) is 24.9 Å². The van der Waals surface area contributed by atoms with Crippen LogP contribution >= 0.6 is 11.6 Å². The molecular weight excluding hydrogens is 1280 g/mol. The van der Waals surface area contributed by atoms with Crippen molar-refractivity contribution in [2.75, 3.05) is 33.6 Å². The Labute approximate surface area is 554 Å². The average Bonchev–Trinajstić information content (AvgIpc) is 1.63. The fourth-order valence-corrected chi connectivity index (χ4v) is 8.20. The average molecular weight is 1330 g/mol. The predicted molar refractivity (Wildman–Crippen MR) is 324 cm³/mol. The minimum Gasteiger partial charge on any atom is -0.870 e. The molecule has 0 fully saturated rings. The van der Waals surface area contributed by atoms with Gasteiger partial charge in [0.15, 0.2) is 47.3 Å². The van der Waals surface area contributed by atoms with Gasteiger partial charge in [-0.05, 0) is 121 Å². The molecule has 0 amide bonds. The zero-order valence-corrected chi connectivity index (χ0v) is 52.0. The third-order valence-corrected chi connectivity index (χ3v) is 12.3. The van der Waals surface area contributed by atoms with Gasteiger partial charge in [0.2, 0.25) is 0 Å². The first-order valence-electron chi connectivity index (χ1n) is 26.7. The number of para-hydroxylation sites is 6. The zero-order valence-electron chi connectivity index (χ0n) is 49.2. The second kappa shape index (κ2) is 32.8. The molecular formula is C61H50ClF9N15NaO7. The molecule has 8 N–H and O–H groups in total. The van der Waals surface area contributed by atoms with Gasteiger partial charge in [0, 0.05) is 30.9 Å². The molecule has 0 aliphatic carbocycles. The van der Waals surface area contributed by atoms with Crippen LogP contribution in [0.15, 0.2) is 183 Å². The number of nitrogen functional groups attached to an aromatic ring is 1. The van der Waals surface area contributed by atoms with Gasteiger partial charge >= 0.3 is 60.0 Å². The molecule has 0 atom stereocenters. The van der Waals surface area contributed by atoms with Crippen LogP contribution in [0.5, 0.6) is 0 Å². The van der Waals surface area contributed by atoms with E-state index in [-0.39, 0.29) is 54.9 Å². The molecule has 0 unspecified atom stereocenters. The van der Waals surface area contributed by atoms with Gasteiger partial charge in [-0.1, -0.05) is 36.4 Å². The third kappa shape index (κ3) is 20.6. The number of anilines is 9. The van der Waals surface area contributed by atoms with Crippen molar-refractivity contribution in [2.24, 2.45) is 0 Å². The number of halogens is 10. The van der Waals surface area contributed by atoms with E-state index < -0.39 is 52.4 Å². The molecule has 482 valence electrons. The van der Waals surface area contributed by atoms with E-state index in [1.165, 1.54) is 87.4 Å². The van der Waals surface area contributed by atoms with E-state index in [0.717, 1.165) is 47.4 Å². The maximum atomic E-state index is 12.8. The number of alkyl halides is 9. The Morgan fingerprint density at radius 2 is 0.851 bits per heavy atom. The number of imidazole rings is 2. The van der Waals surface area contributed by atoms with Gasteiger partial charge < -0.3 is 47.1 Å². The van der Waals surface area contributed by atoms with Crippen molar-refractivity contribution in [1.29, 1.82) is 0 Å². The summed E-state index contributed by atoms with van der Waals surface area (Å²) < 4.78 is 127. The van der Waals surface area contributed by atoms with Gasteiger partial charge in [-0.15, -0.1) is 0 Å². The second-order valence-corrected chi connectivity index (χ2v) is 19.3. The Kier molecular flexibility index (Phi) is 25.4. The number of nitrogens with two attached hydrogens (primary N) is 1. The zero-order chi connectivity index (χ0) is 66.2. The Morgan fingerprint density at radius 3 is 1.23 bits per heavy atom. The van der Waals surface area contributed by atoms with Crippen LogP contribution in [0.2, 0.25) is 0 Å². The fraction of sp³-hybridized carbons (Fsp3) is 0.131. The number of esters is 2. The third-order valence-electron chi connectivity index (χ3n) is 12.2. The Bertz CT molecular complexity index is 4330. The summed E-state index contributed by atoms with van der Waals surface area (Å²) in [7, 11) is 0. The number of nitrogens with one attached hydrogen (secondary N) is 4. The summed E-state index contributed by atoms with van der Waals surface area (Å²) in [4.78, 5) is 65.5. The van der Waals surface area contributed by atoms with Crippen molar-refractivity contribution in [2.45, 2.75) is 45.6 Å². The smallest absolute Gasteiger partial charge is 0.870 e. The van der Waals surface area contributed by atoms with Crippen LogP contribution < -0.4 is 56.6 Å². The number of carbonyl (C=O) groups excluding carboxylic acids is 3. The van der Waals surface area contributed by atoms with E-state index in [1.807, 2.05) is 60.7 Å². The van der Waals surface area contributed by atoms with Gasteiger partial charge in [0.05, 0.1) is 87.3 Å². The van der Waals surface area contributed by atoms with Crippen LogP contribution in [-0.4, -0.2) is 83.4 Å². The van der Waals surface area contributed by atoms with Gasteiger partial charge in [0.1, 0.15) is 19.0 Å². The molecule has 0 bridgehead atoms. The van der Waals surface area contributed by atoms with Gasteiger partial charge in [-0.2, -0.15) is 39.5 Å². The molecule has 5 heterocycles. The molecule has 0 aliphatic rings. The molecule has 0 radical (unpaired) electrons. The molecule has 0 spiro atoms. The maximum absolute atomic E-state index is 12.8. The van der Waals surface area contributed by atoms with E-state index in [4.69, 9.17) is 22.1 Å². The topological polar surface area (TPSA) is 307 Å².